The molecule has 1 N–H and O–H groups in total. The Morgan fingerprint density at radius 2 is 1.84 bits per heavy atom. The van der Waals surface area contributed by atoms with Gasteiger partial charge in [0.2, 0.25) is 0 Å². The van der Waals surface area contributed by atoms with E-state index in [0.29, 0.717) is 0 Å². The molecule has 1 aromatic rings. The molecule has 0 saturated heterocycles. The number of benzene rings is 1. The Bertz CT molecular complexity index is 370. The van der Waals surface area contributed by atoms with Gasteiger partial charge in [-0.2, -0.15) is 0 Å². The summed E-state index contributed by atoms with van der Waals surface area (Å²) in [5, 5.41) is 3.38. The largest absolute Gasteiger partial charge is 0.319 e. The second kappa shape index (κ2) is 6.53. The van der Waals surface area contributed by atoms with Crippen LogP contribution in [0, 0.1) is 0 Å². The minimum atomic E-state index is 0.188. The van der Waals surface area contributed by atoms with E-state index in [0.717, 1.165) is 19.1 Å². The number of nitrogens with one attached hydrogen (secondary N) is 1. The molecule has 1 unspecified atom stereocenters. The standard InChI is InChI=1S/C17H28N2/c1-17(13-18-2,15-9-5-4-6-10-15)14-19(3)16-11-7-8-12-16/h4-6,9-10,16,18H,7-8,11-14H2,1-3H3. The van der Waals surface area contributed by atoms with Crippen molar-refractivity contribution in [1.29, 1.82) is 0 Å². The quantitative estimate of drug-likeness (QED) is 0.846. The monoisotopic (exact) mass is 260 g/mol. The van der Waals surface area contributed by atoms with Gasteiger partial charge in [-0.15, -0.1) is 0 Å². The van der Waals surface area contributed by atoms with Crippen LogP contribution in [0.3, 0.4) is 0 Å². The Balaban J connectivity index is 2.10. The van der Waals surface area contributed by atoms with E-state index in [-0.39, 0.29) is 5.41 Å². The summed E-state index contributed by atoms with van der Waals surface area (Å²) in [7, 11) is 4.35. The number of hydrogen-bond acceptors (Lipinski definition) is 2. The normalized spacial score (nSPS) is 19.8. The smallest absolute Gasteiger partial charge is 0.0176 e. The van der Waals surface area contributed by atoms with E-state index >= 15 is 0 Å². The van der Waals surface area contributed by atoms with Gasteiger partial charge in [0.05, 0.1) is 0 Å². The lowest BCUT2D eigenvalue weighted by Gasteiger charge is -2.37. The highest BCUT2D eigenvalue weighted by Gasteiger charge is 2.30. The third-order valence-electron chi connectivity index (χ3n) is 4.58. The van der Waals surface area contributed by atoms with Crippen molar-refractivity contribution in [3.05, 3.63) is 35.9 Å². The predicted octanol–water partition coefficient (Wildman–Crippen LogP) is 3.04. The molecule has 0 bridgehead atoms. The Morgan fingerprint density at radius 3 is 2.42 bits per heavy atom. The van der Waals surface area contributed by atoms with E-state index in [2.05, 4.69) is 61.6 Å². The highest BCUT2D eigenvalue weighted by atomic mass is 15.1. The Hall–Kier alpha value is -0.860. The third kappa shape index (κ3) is 3.58. The summed E-state index contributed by atoms with van der Waals surface area (Å²) < 4.78 is 0. The zero-order valence-electron chi connectivity index (χ0n) is 12.7. The maximum Gasteiger partial charge on any atom is 0.0176 e. The molecular formula is C17H28N2. The Labute approximate surface area is 118 Å². The fourth-order valence-corrected chi connectivity index (χ4v) is 3.50. The predicted molar refractivity (Wildman–Crippen MR) is 82.6 cm³/mol. The van der Waals surface area contributed by atoms with Gasteiger partial charge < -0.3 is 10.2 Å². The molecule has 0 radical (unpaired) electrons. The van der Waals surface area contributed by atoms with Crippen LogP contribution in [0.2, 0.25) is 0 Å². The van der Waals surface area contributed by atoms with Gasteiger partial charge in [-0.25, -0.2) is 0 Å². The van der Waals surface area contributed by atoms with E-state index in [4.69, 9.17) is 0 Å². The van der Waals surface area contributed by atoms with Crippen LogP contribution in [0.5, 0.6) is 0 Å². The summed E-state index contributed by atoms with van der Waals surface area (Å²) >= 11 is 0. The minimum Gasteiger partial charge on any atom is -0.319 e. The van der Waals surface area contributed by atoms with Crippen molar-refractivity contribution in [2.75, 3.05) is 27.2 Å². The topological polar surface area (TPSA) is 15.3 Å². The summed E-state index contributed by atoms with van der Waals surface area (Å²) in [5.74, 6) is 0. The van der Waals surface area contributed by atoms with Crippen LogP contribution in [0.1, 0.15) is 38.2 Å². The molecule has 2 rings (SSSR count). The zero-order chi connectivity index (χ0) is 13.7. The molecule has 1 saturated carbocycles. The van der Waals surface area contributed by atoms with Gasteiger partial charge in [-0.05, 0) is 32.5 Å². The maximum atomic E-state index is 3.38. The van der Waals surface area contributed by atoms with Crippen molar-refractivity contribution in [1.82, 2.24) is 10.2 Å². The molecule has 1 fully saturated rings. The molecule has 2 nitrogen and oxygen atoms in total. The summed E-state index contributed by atoms with van der Waals surface area (Å²) in [6.45, 7) is 4.53. The summed E-state index contributed by atoms with van der Waals surface area (Å²) in [4.78, 5) is 2.58. The molecule has 0 aromatic heterocycles. The first-order valence-electron chi connectivity index (χ1n) is 7.56. The van der Waals surface area contributed by atoms with Gasteiger partial charge in [-0.3, -0.25) is 0 Å². The lowest BCUT2D eigenvalue weighted by Crippen LogP contribution is -2.46. The summed E-state index contributed by atoms with van der Waals surface area (Å²) in [6, 6.07) is 11.7. The van der Waals surface area contributed by atoms with Crippen LogP contribution in [-0.4, -0.2) is 38.1 Å². The van der Waals surface area contributed by atoms with Gasteiger partial charge in [0.15, 0.2) is 0 Å². The Kier molecular flexibility index (Phi) is 5.00. The van der Waals surface area contributed by atoms with Crippen molar-refractivity contribution in [3.63, 3.8) is 0 Å². The molecule has 0 aliphatic heterocycles. The SMILES string of the molecule is CNCC(C)(CN(C)C1CCCC1)c1ccccc1. The molecule has 0 spiro atoms. The number of rotatable bonds is 6. The zero-order valence-corrected chi connectivity index (χ0v) is 12.7. The van der Waals surface area contributed by atoms with E-state index in [1.165, 1.54) is 31.2 Å². The van der Waals surface area contributed by atoms with Crippen LogP contribution in [0.15, 0.2) is 30.3 Å². The molecular weight excluding hydrogens is 232 g/mol. The first-order chi connectivity index (χ1) is 9.15. The van der Waals surface area contributed by atoms with Crippen molar-refractivity contribution in [2.24, 2.45) is 0 Å². The molecule has 2 heteroatoms. The van der Waals surface area contributed by atoms with Crippen molar-refractivity contribution < 1.29 is 0 Å². The first kappa shape index (κ1) is 14.5. The molecule has 19 heavy (non-hydrogen) atoms. The number of likely N-dealkylation sites (N-methyl/N-ethyl adjacent to an activating group) is 2. The van der Waals surface area contributed by atoms with E-state index in [9.17, 15) is 0 Å². The average molecular weight is 260 g/mol. The molecule has 106 valence electrons. The van der Waals surface area contributed by atoms with Crippen molar-refractivity contribution in [2.45, 2.75) is 44.1 Å². The minimum absolute atomic E-state index is 0.188. The van der Waals surface area contributed by atoms with E-state index in [1.807, 2.05) is 0 Å². The number of hydrogen-bond donors (Lipinski definition) is 1. The summed E-state index contributed by atoms with van der Waals surface area (Å²) in [6.07, 6.45) is 5.56. The molecule has 1 aliphatic rings. The summed E-state index contributed by atoms with van der Waals surface area (Å²) in [5.41, 5.74) is 1.63. The molecule has 1 aromatic carbocycles. The van der Waals surface area contributed by atoms with Gasteiger partial charge >= 0.3 is 0 Å². The molecule has 0 heterocycles. The van der Waals surface area contributed by atoms with Crippen LogP contribution >= 0.6 is 0 Å². The molecule has 1 aliphatic carbocycles. The highest BCUT2D eigenvalue weighted by molar-refractivity contribution is 5.25. The van der Waals surface area contributed by atoms with Crippen molar-refractivity contribution in [3.8, 4) is 0 Å². The average Bonchev–Trinajstić information content (AvgIpc) is 2.94. The molecule has 1 atom stereocenters. The first-order valence-corrected chi connectivity index (χ1v) is 7.56. The second-order valence-corrected chi connectivity index (χ2v) is 6.31. The van der Waals surface area contributed by atoms with Crippen LogP contribution < -0.4 is 5.32 Å². The second-order valence-electron chi connectivity index (χ2n) is 6.31. The lowest BCUT2D eigenvalue weighted by molar-refractivity contribution is 0.193. The van der Waals surface area contributed by atoms with Crippen LogP contribution in [0.4, 0.5) is 0 Å². The molecule has 0 amide bonds. The van der Waals surface area contributed by atoms with Gasteiger partial charge in [-0.1, -0.05) is 50.1 Å². The number of nitrogens with zero attached hydrogens (tertiary/aromatic N) is 1. The third-order valence-corrected chi connectivity index (χ3v) is 4.58. The Morgan fingerprint density at radius 1 is 1.21 bits per heavy atom. The van der Waals surface area contributed by atoms with Crippen molar-refractivity contribution >= 4 is 0 Å². The van der Waals surface area contributed by atoms with E-state index in [1.54, 1.807) is 0 Å². The fourth-order valence-electron chi connectivity index (χ4n) is 3.50. The van der Waals surface area contributed by atoms with Gasteiger partial charge in [0, 0.05) is 24.5 Å². The van der Waals surface area contributed by atoms with Gasteiger partial charge in [0.1, 0.15) is 0 Å². The fraction of sp³-hybridized carbons (Fsp3) is 0.647. The van der Waals surface area contributed by atoms with E-state index < -0.39 is 0 Å². The van der Waals surface area contributed by atoms with Gasteiger partial charge in [0.25, 0.3) is 0 Å². The lowest BCUT2D eigenvalue weighted by atomic mass is 9.81. The highest BCUT2D eigenvalue weighted by Crippen LogP contribution is 2.28. The van der Waals surface area contributed by atoms with Crippen LogP contribution in [0.25, 0.3) is 0 Å². The maximum absolute atomic E-state index is 3.38. The van der Waals surface area contributed by atoms with Crippen LogP contribution in [-0.2, 0) is 5.41 Å².